The van der Waals surface area contributed by atoms with E-state index in [-0.39, 0.29) is 31.1 Å². The van der Waals surface area contributed by atoms with Crippen molar-refractivity contribution >= 4 is 6.09 Å². The molecule has 0 aromatic rings. The molecule has 0 aliphatic rings. The molecule has 1 amide bonds. The molecule has 0 heterocycles. The van der Waals surface area contributed by atoms with Crippen molar-refractivity contribution in [2.24, 2.45) is 5.73 Å². The molecule has 40 valence electrons. The second-order valence-electron chi connectivity index (χ2n) is 0.752. The molecule has 0 unspecified atom stereocenters. The van der Waals surface area contributed by atoms with Crippen LogP contribution in [0.2, 0.25) is 0 Å². The van der Waals surface area contributed by atoms with Gasteiger partial charge in [0.15, 0.2) is 0 Å². The third-order valence-corrected chi connectivity index (χ3v) is 0.287. The van der Waals surface area contributed by atoms with Crippen molar-refractivity contribution in [2.75, 3.05) is 6.61 Å². The van der Waals surface area contributed by atoms with Gasteiger partial charge in [-0.25, -0.2) is 4.79 Å². The van der Waals surface area contributed by atoms with Crippen LogP contribution in [0.1, 0.15) is 6.92 Å². The van der Waals surface area contributed by atoms with Crippen LogP contribution < -0.4 is 5.73 Å². The summed E-state index contributed by atoms with van der Waals surface area (Å²) < 4.78 is 4.18. The summed E-state index contributed by atoms with van der Waals surface area (Å²) in [5.41, 5.74) is 4.54. The topological polar surface area (TPSA) is 52.3 Å². The van der Waals surface area contributed by atoms with Crippen LogP contribution in [0.5, 0.6) is 0 Å². The maximum Gasteiger partial charge on any atom is 0.404 e. The predicted molar refractivity (Wildman–Crippen MR) is 21.2 cm³/mol. The van der Waals surface area contributed by atoms with E-state index in [2.05, 4.69) is 10.5 Å². The van der Waals surface area contributed by atoms with Crippen molar-refractivity contribution in [3.8, 4) is 0 Å². The molecule has 0 saturated carbocycles. The quantitative estimate of drug-likeness (QED) is 0.743. The number of hydrogen-bond acceptors (Lipinski definition) is 2. The van der Waals surface area contributed by atoms with Crippen LogP contribution in [0.3, 0.4) is 0 Å². The van der Waals surface area contributed by atoms with Gasteiger partial charge < -0.3 is 10.5 Å². The van der Waals surface area contributed by atoms with Gasteiger partial charge >= 0.3 is 6.09 Å². The van der Waals surface area contributed by atoms with E-state index in [1.54, 1.807) is 6.92 Å². The second kappa shape index (κ2) is 6.32. The summed E-state index contributed by atoms with van der Waals surface area (Å²) in [6, 6.07) is 0. The molecule has 0 radical (unpaired) electrons. The number of amides is 1. The molecular formula is C3H7NO2U. The van der Waals surface area contributed by atoms with Gasteiger partial charge in [-0.2, -0.15) is 0 Å². The zero-order chi connectivity index (χ0) is 4.99. The molecule has 0 spiro atoms. The van der Waals surface area contributed by atoms with Crippen molar-refractivity contribution in [3.05, 3.63) is 0 Å². The van der Waals surface area contributed by atoms with E-state index in [0.29, 0.717) is 6.61 Å². The Morgan fingerprint density at radius 1 is 1.86 bits per heavy atom. The summed E-state index contributed by atoms with van der Waals surface area (Å²) >= 11 is 0. The largest absolute Gasteiger partial charge is 0.450 e. The SMILES string of the molecule is CCOC(N)=O.[U]. The van der Waals surface area contributed by atoms with E-state index >= 15 is 0 Å². The molecular weight excluding hydrogens is 320 g/mol. The van der Waals surface area contributed by atoms with Gasteiger partial charge in [0.1, 0.15) is 0 Å². The summed E-state index contributed by atoms with van der Waals surface area (Å²) in [5, 5.41) is 0. The number of nitrogens with two attached hydrogens (primary N) is 1. The Kier molecular flexibility index (Phi) is 9.33. The molecule has 0 atom stereocenters. The molecule has 0 aliphatic carbocycles. The Morgan fingerprint density at radius 2 is 2.29 bits per heavy atom. The minimum Gasteiger partial charge on any atom is -0.450 e. The summed E-state index contributed by atoms with van der Waals surface area (Å²) in [6.07, 6.45) is -0.711. The Balaban J connectivity index is 0. The first-order valence-corrected chi connectivity index (χ1v) is 1.69. The molecule has 3 nitrogen and oxygen atoms in total. The minimum atomic E-state index is -0.711. The smallest absolute Gasteiger partial charge is 0.404 e. The zero-order valence-electron chi connectivity index (χ0n) is 4.10. The zero-order valence-corrected chi connectivity index (χ0v) is 8.26. The van der Waals surface area contributed by atoms with Crippen LogP contribution in [0, 0.1) is 31.1 Å². The Morgan fingerprint density at radius 3 is 2.29 bits per heavy atom. The fourth-order valence-corrected chi connectivity index (χ4v) is 0.142. The van der Waals surface area contributed by atoms with Crippen LogP contribution in [0.4, 0.5) is 4.79 Å². The van der Waals surface area contributed by atoms with Gasteiger partial charge in [-0.1, -0.05) is 0 Å². The van der Waals surface area contributed by atoms with E-state index in [9.17, 15) is 4.79 Å². The van der Waals surface area contributed by atoms with Gasteiger partial charge in [-0.05, 0) is 6.92 Å². The van der Waals surface area contributed by atoms with Gasteiger partial charge in [-0.3, -0.25) is 0 Å². The summed E-state index contributed by atoms with van der Waals surface area (Å²) in [6.45, 7) is 2.06. The number of primary amides is 1. The van der Waals surface area contributed by atoms with Gasteiger partial charge in [0.25, 0.3) is 0 Å². The maximum absolute atomic E-state index is 9.60. The van der Waals surface area contributed by atoms with Gasteiger partial charge in [0.2, 0.25) is 0 Å². The van der Waals surface area contributed by atoms with Crippen molar-refractivity contribution in [3.63, 3.8) is 0 Å². The van der Waals surface area contributed by atoms with Crippen molar-refractivity contribution in [1.29, 1.82) is 0 Å². The molecule has 2 N–H and O–H groups in total. The van der Waals surface area contributed by atoms with Crippen LogP contribution >= 0.6 is 0 Å². The van der Waals surface area contributed by atoms with Crippen LogP contribution in [-0.2, 0) is 4.74 Å². The van der Waals surface area contributed by atoms with Crippen molar-refractivity contribution in [1.82, 2.24) is 0 Å². The number of carbonyl (C=O) groups is 1. The van der Waals surface area contributed by atoms with Gasteiger partial charge in [-0.15, -0.1) is 0 Å². The first-order chi connectivity index (χ1) is 2.77. The summed E-state index contributed by atoms with van der Waals surface area (Å²) in [7, 11) is 0. The average Bonchev–Trinajstić information content (AvgIpc) is 1.35. The Bertz CT molecular complexity index is 56.9. The number of rotatable bonds is 1. The number of hydrogen-bond donors (Lipinski definition) is 1. The molecule has 0 aliphatic heterocycles. The van der Waals surface area contributed by atoms with E-state index in [0.717, 1.165) is 0 Å². The van der Waals surface area contributed by atoms with E-state index in [4.69, 9.17) is 0 Å². The number of ether oxygens (including phenoxy) is 1. The second-order valence-corrected chi connectivity index (χ2v) is 0.752. The monoisotopic (exact) mass is 327 g/mol. The molecule has 0 aromatic heterocycles. The van der Waals surface area contributed by atoms with Crippen molar-refractivity contribution < 1.29 is 40.6 Å². The van der Waals surface area contributed by atoms with E-state index in [1.165, 1.54) is 0 Å². The molecule has 0 rings (SSSR count). The van der Waals surface area contributed by atoms with Gasteiger partial charge in [0, 0.05) is 31.1 Å². The van der Waals surface area contributed by atoms with E-state index < -0.39 is 6.09 Å². The first kappa shape index (κ1) is 10.3. The summed E-state index contributed by atoms with van der Waals surface area (Å²) in [5.74, 6) is 0. The van der Waals surface area contributed by atoms with Crippen LogP contribution in [0.25, 0.3) is 0 Å². The third kappa shape index (κ3) is 10.7. The van der Waals surface area contributed by atoms with Crippen LogP contribution in [0.15, 0.2) is 0 Å². The fraction of sp³-hybridized carbons (Fsp3) is 0.667. The van der Waals surface area contributed by atoms with Crippen molar-refractivity contribution in [2.45, 2.75) is 6.92 Å². The molecule has 4 heteroatoms. The molecule has 0 bridgehead atoms. The predicted octanol–water partition coefficient (Wildman–Crippen LogP) is 0.102. The maximum atomic E-state index is 9.60. The summed E-state index contributed by atoms with van der Waals surface area (Å²) in [4.78, 5) is 9.60. The third-order valence-electron chi connectivity index (χ3n) is 0.287. The number of carbonyl (C=O) groups excluding carboxylic acids is 1. The fourth-order valence-electron chi connectivity index (χ4n) is 0.142. The van der Waals surface area contributed by atoms with Gasteiger partial charge in [0.05, 0.1) is 6.61 Å². The van der Waals surface area contributed by atoms with Crippen LogP contribution in [-0.4, -0.2) is 12.7 Å². The first-order valence-electron chi connectivity index (χ1n) is 1.69. The molecule has 0 aromatic carbocycles. The molecule has 0 fully saturated rings. The molecule has 0 saturated heterocycles. The minimum absolute atomic E-state index is 0. The Hall–Kier alpha value is 0.322. The Labute approximate surface area is 66.0 Å². The normalized spacial score (nSPS) is 6.43. The van der Waals surface area contributed by atoms with E-state index in [1.807, 2.05) is 0 Å². The molecule has 7 heavy (non-hydrogen) atoms. The average molecular weight is 327 g/mol. The standard InChI is InChI=1S/C3H7NO2.U/c1-2-6-3(4)5;/h2H2,1H3,(H2,4,5);.